The molecule has 0 fully saturated rings. The summed E-state index contributed by atoms with van der Waals surface area (Å²) in [6.45, 7) is 1.95. The maximum Gasteiger partial charge on any atom is 0.516 e. The highest BCUT2D eigenvalue weighted by molar-refractivity contribution is 7.93. The Bertz CT molecular complexity index is 951. The van der Waals surface area contributed by atoms with Crippen molar-refractivity contribution in [3.8, 4) is 5.75 Å². The molecule has 0 spiro atoms. The van der Waals surface area contributed by atoms with Crippen molar-refractivity contribution in [1.29, 1.82) is 0 Å². The maximum absolute atomic E-state index is 12.7. The van der Waals surface area contributed by atoms with Crippen LogP contribution in [0.5, 0.6) is 5.75 Å². The summed E-state index contributed by atoms with van der Waals surface area (Å²) in [6.07, 6.45) is 0.251. The van der Waals surface area contributed by atoms with Crippen LogP contribution in [0, 0.1) is 0 Å². The predicted octanol–water partition coefficient (Wildman–Crippen LogP) is 4.81. The van der Waals surface area contributed by atoms with E-state index >= 15 is 0 Å². The van der Waals surface area contributed by atoms with Crippen molar-refractivity contribution >= 4 is 33.0 Å². The minimum atomic E-state index is -5.60. The summed E-state index contributed by atoms with van der Waals surface area (Å²) in [6, 6.07) is 12.7. The summed E-state index contributed by atoms with van der Waals surface area (Å²) in [5.41, 5.74) is -5.47. The molecule has 158 valence electrons. The standard InChI is InChI=1S/C18H18ClF3N2O4S/c1-2-16(23-28-11-10-27-14-6-4-3-5-7-14)15-12-13(19)8-9-17(15)24-29(25,26)18(20,21)22/h3-9,12,24H,2,10-11H2,1H3. The normalized spacial score (nSPS) is 12.5. The topological polar surface area (TPSA) is 77.0 Å². The zero-order chi connectivity index (χ0) is 21.5. The number of hydrogen-bond donors (Lipinski definition) is 1. The number of rotatable bonds is 9. The molecule has 0 bridgehead atoms. The van der Waals surface area contributed by atoms with Gasteiger partial charge < -0.3 is 9.57 Å². The van der Waals surface area contributed by atoms with Crippen LogP contribution in [0.25, 0.3) is 0 Å². The lowest BCUT2D eigenvalue weighted by atomic mass is 10.1. The molecule has 0 unspecified atom stereocenters. The van der Waals surface area contributed by atoms with Crippen molar-refractivity contribution in [2.24, 2.45) is 5.16 Å². The van der Waals surface area contributed by atoms with Crippen LogP contribution in [-0.2, 0) is 14.9 Å². The molecule has 0 atom stereocenters. The van der Waals surface area contributed by atoms with Gasteiger partial charge in [-0.25, -0.2) is 0 Å². The third-order valence-electron chi connectivity index (χ3n) is 3.54. The second-order valence-electron chi connectivity index (χ2n) is 5.63. The minimum absolute atomic E-state index is 0.0720. The van der Waals surface area contributed by atoms with Gasteiger partial charge in [0.15, 0.2) is 6.61 Å². The first kappa shape index (κ1) is 22.8. The SMILES string of the molecule is CCC(=NOCCOc1ccccc1)c1cc(Cl)ccc1NS(=O)(=O)C(F)(F)F. The van der Waals surface area contributed by atoms with E-state index in [9.17, 15) is 21.6 Å². The average molecular weight is 451 g/mol. The number of nitrogens with zero attached hydrogens (tertiary/aromatic N) is 1. The monoisotopic (exact) mass is 450 g/mol. The van der Waals surface area contributed by atoms with Crippen LogP contribution in [-0.4, -0.2) is 32.9 Å². The van der Waals surface area contributed by atoms with Crippen molar-refractivity contribution in [2.75, 3.05) is 17.9 Å². The zero-order valence-electron chi connectivity index (χ0n) is 15.2. The lowest BCUT2D eigenvalue weighted by Crippen LogP contribution is -2.30. The van der Waals surface area contributed by atoms with E-state index in [4.69, 9.17) is 21.2 Å². The number of ether oxygens (including phenoxy) is 1. The van der Waals surface area contributed by atoms with Crippen molar-refractivity contribution in [3.05, 3.63) is 59.1 Å². The summed E-state index contributed by atoms with van der Waals surface area (Å²) in [5, 5.41) is 4.10. The lowest BCUT2D eigenvalue weighted by Gasteiger charge is -2.15. The van der Waals surface area contributed by atoms with Gasteiger partial charge in [-0.1, -0.05) is 41.9 Å². The number of hydrogen-bond acceptors (Lipinski definition) is 5. The van der Waals surface area contributed by atoms with Crippen LogP contribution in [0.15, 0.2) is 53.7 Å². The highest BCUT2D eigenvalue weighted by Gasteiger charge is 2.46. The summed E-state index contributed by atoms with van der Waals surface area (Å²) >= 11 is 5.92. The predicted molar refractivity (Wildman–Crippen MR) is 105 cm³/mol. The third-order valence-corrected chi connectivity index (χ3v) is 4.87. The van der Waals surface area contributed by atoms with Crippen molar-refractivity contribution in [3.63, 3.8) is 0 Å². The first-order chi connectivity index (χ1) is 13.6. The highest BCUT2D eigenvalue weighted by Crippen LogP contribution is 2.29. The summed E-state index contributed by atoms with van der Waals surface area (Å²) < 4.78 is 67.9. The molecular weight excluding hydrogens is 433 g/mol. The number of benzene rings is 2. The second-order valence-corrected chi connectivity index (χ2v) is 7.74. The zero-order valence-corrected chi connectivity index (χ0v) is 16.8. The molecule has 0 saturated carbocycles. The molecule has 0 amide bonds. The Labute approximate surface area is 171 Å². The van der Waals surface area contributed by atoms with Crippen molar-refractivity contribution in [1.82, 2.24) is 0 Å². The Morgan fingerprint density at radius 1 is 1.14 bits per heavy atom. The summed E-state index contributed by atoms with van der Waals surface area (Å²) in [7, 11) is -5.60. The van der Waals surface area contributed by atoms with Crippen molar-refractivity contribution in [2.45, 2.75) is 18.9 Å². The van der Waals surface area contributed by atoms with E-state index in [1.54, 1.807) is 19.1 Å². The number of sulfonamides is 1. The first-order valence-corrected chi connectivity index (χ1v) is 10.3. The van der Waals surface area contributed by atoms with E-state index in [1.165, 1.54) is 16.9 Å². The van der Waals surface area contributed by atoms with Crippen LogP contribution in [0.2, 0.25) is 5.02 Å². The number of anilines is 1. The number of halogens is 4. The van der Waals surface area contributed by atoms with E-state index in [0.717, 1.165) is 6.07 Å². The number of para-hydroxylation sites is 1. The number of oxime groups is 1. The largest absolute Gasteiger partial charge is 0.516 e. The summed E-state index contributed by atoms with van der Waals surface area (Å²) in [4.78, 5) is 5.18. The Morgan fingerprint density at radius 2 is 1.83 bits per heavy atom. The third kappa shape index (κ3) is 6.53. The van der Waals surface area contributed by atoms with Gasteiger partial charge in [0.05, 0.1) is 11.4 Å². The molecule has 0 saturated heterocycles. The maximum atomic E-state index is 12.7. The van der Waals surface area contributed by atoms with Gasteiger partial charge in [0.1, 0.15) is 12.4 Å². The van der Waals surface area contributed by atoms with Crippen LogP contribution >= 0.6 is 11.6 Å². The van der Waals surface area contributed by atoms with Gasteiger partial charge in [0, 0.05) is 10.6 Å². The smallest absolute Gasteiger partial charge is 0.490 e. The minimum Gasteiger partial charge on any atom is -0.490 e. The fraction of sp³-hybridized carbons (Fsp3) is 0.278. The van der Waals surface area contributed by atoms with Gasteiger partial charge in [-0.15, -0.1) is 0 Å². The molecular formula is C18H18ClF3N2O4S. The molecule has 0 heterocycles. The van der Waals surface area contributed by atoms with E-state index in [-0.39, 0.29) is 41.6 Å². The molecule has 0 aliphatic carbocycles. The van der Waals surface area contributed by atoms with Gasteiger partial charge in [-0.05, 0) is 36.8 Å². The fourth-order valence-corrected chi connectivity index (χ4v) is 2.94. The molecule has 1 N–H and O–H groups in total. The Morgan fingerprint density at radius 3 is 2.45 bits per heavy atom. The van der Waals surface area contributed by atoms with Crippen LogP contribution < -0.4 is 9.46 Å². The molecule has 0 aromatic heterocycles. The van der Waals surface area contributed by atoms with Gasteiger partial charge in [0.25, 0.3) is 0 Å². The van der Waals surface area contributed by atoms with Gasteiger partial charge in [-0.3, -0.25) is 4.72 Å². The lowest BCUT2D eigenvalue weighted by molar-refractivity contribution is -0.0429. The molecule has 29 heavy (non-hydrogen) atoms. The van der Waals surface area contributed by atoms with E-state index in [2.05, 4.69) is 5.16 Å². The van der Waals surface area contributed by atoms with E-state index < -0.39 is 15.5 Å². The summed E-state index contributed by atoms with van der Waals surface area (Å²) in [5.74, 6) is 0.648. The van der Waals surface area contributed by atoms with Crippen LogP contribution in [0.4, 0.5) is 18.9 Å². The van der Waals surface area contributed by atoms with Crippen molar-refractivity contribution < 1.29 is 31.2 Å². The Kier molecular flexibility index (Phi) is 7.74. The van der Waals surface area contributed by atoms with Crippen LogP contribution in [0.3, 0.4) is 0 Å². The second kappa shape index (κ2) is 9.84. The molecule has 2 aromatic carbocycles. The van der Waals surface area contributed by atoms with Gasteiger partial charge in [0.2, 0.25) is 0 Å². The molecule has 2 aromatic rings. The van der Waals surface area contributed by atoms with E-state index in [0.29, 0.717) is 5.75 Å². The van der Waals surface area contributed by atoms with Crippen LogP contribution in [0.1, 0.15) is 18.9 Å². The first-order valence-electron chi connectivity index (χ1n) is 8.39. The molecule has 11 heteroatoms. The Balaban J connectivity index is 2.13. The molecule has 2 rings (SSSR count). The highest BCUT2D eigenvalue weighted by atomic mass is 35.5. The quantitative estimate of drug-likeness (QED) is 0.338. The molecule has 0 aliphatic heterocycles. The molecule has 0 aliphatic rings. The fourth-order valence-electron chi connectivity index (χ4n) is 2.19. The van der Waals surface area contributed by atoms with Gasteiger partial charge >= 0.3 is 15.5 Å². The molecule has 0 radical (unpaired) electrons. The Hall–Kier alpha value is -2.46. The average Bonchev–Trinajstić information content (AvgIpc) is 2.66. The molecule has 6 nitrogen and oxygen atoms in total. The number of alkyl halides is 3. The van der Waals surface area contributed by atoms with E-state index in [1.807, 2.05) is 18.2 Å². The van der Waals surface area contributed by atoms with Gasteiger partial charge in [-0.2, -0.15) is 21.6 Å². The number of nitrogens with one attached hydrogen (secondary N) is 1.